The Balaban J connectivity index is 0.000000246. The zero-order chi connectivity index (χ0) is 40.9. The summed E-state index contributed by atoms with van der Waals surface area (Å²) < 4.78 is 82.3. The standard InChI is InChI=1S/C22H20NS.C19H26GeN.Ir/c1-14(2)11-16-9-10-23-20(13-16)19-6-4-5-18-17-8-7-15(3)12-21(17)24-22(18)19;1-14(2)11-17-12-19(16-9-7-15(3)8-10-16)21-13-18(17)20(4,5)6;/h4-5,7-10,12-14H,11H2,1-3H3;7-9,12-14H,11H2,1-6H3;/q2*-1;/i2*3D3,11D2;. The van der Waals surface area contributed by atoms with Crippen molar-refractivity contribution in [3.8, 4) is 22.5 Å². The first kappa shape index (κ1) is 24.5. The summed E-state index contributed by atoms with van der Waals surface area (Å²) in [5, 5.41) is 2.02. The first-order valence-electron chi connectivity index (χ1n) is 20.2. The van der Waals surface area contributed by atoms with Crippen LogP contribution in [0.3, 0.4) is 0 Å². The molecule has 0 N–H and O–H groups in total. The largest absolute Gasteiger partial charge is 0.305 e. The van der Waals surface area contributed by atoms with E-state index in [0.29, 0.717) is 33.6 Å². The van der Waals surface area contributed by atoms with Gasteiger partial charge in [0.15, 0.2) is 0 Å². The van der Waals surface area contributed by atoms with Gasteiger partial charge in [-0.2, -0.15) is 11.3 Å². The second-order valence-electron chi connectivity index (χ2n) is 12.8. The molecule has 3 aromatic carbocycles. The van der Waals surface area contributed by atoms with E-state index in [1.807, 2.05) is 58.2 Å². The van der Waals surface area contributed by atoms with Crippen molar-refractivity contribution in [1.29, 1.82) is 0 Å². The minimum Gasteiger partial charge on any atom is -0.305 e. The predicted molar refractivity (Wildman–Crippen MR) is 199 cm³/mol. The summed E-state index contributed by atoms with van der Waals surface area (Å²) in [4.78, 5) is 9.03. The van der Waals surface area contributed by atoms with Gasteiger partial charge in [0, 0.05) is 37.9 Å². The van der Waals surface area contributed by atoms with Gasteiger partial charge >= 0.3 is 139 Å². The third-order valence-corrected chi connectivity index (χ3v) is 12.6. The van der Waals surface area contributed by atoms with E-state index in [-0.39, 0.29) is 37.5 Å². The second kappa shape index (κ2) is 15.5. The summed E-state index contributed by atoms with van der Waals surface area (Å²) in [6.45, 7) is 3.19. The predicted octanol–water partition coefficient (Wildman–Crippen LogP) is 11.0. The average Bonchev–Trinajstić information content (AvgIpc) is 3.49. The molecule has 0 unspecified atom stereocenters. The van der Waals surface area contributed by atoms with Gasteiger partial charge in [-0.1, -0.05) is 43.0 Å². The van der Waals surface area contributed by atoms with Crippen molar-refractivity contribution in [2.75, 3.05) is 0 Å². The Labute approximate surface area is 310 Å². The molecule has 3 heterocycles. The molecule has 0 aliphatic rings. The summed E-state index contributed by atoms with van der Waals surface area (Å²) >= 11 is -0.799. The Morgan fingerprint density at radius 3 is 2.26 bits per heavy atom. The SMILES string of the molecule is [2H]C([2H])([2H])c1c[c-]c(-c2cc(C([2H])([2H])C(C)C)[c]([Ge]([CH3])([CH3])[CH3])cn2)cc1.[2H]C([2H])([2H])c1ccc2c(c1)sc1c(-c3cc(C([2H])([2H])C(C)C)ccn3)[c-]ccc12.[Ir]. The quantitative estimate of drug-likeness (QED) is 0.118. The third kappa shape index (κ3) is 8.83. The number of nitrogens with zero attached hydrogens (tertiary/aromatic N) is 2. The van der Waals surface area contributed by atoms with Crippen LogP contribution in [-0.4, -0.2) is 23.2 Å². The molecule has 0 saturated heterocycles. The number of hydrogen-bond acceptors (Lipinski definition) is 3. The van der Waals surface area contributed by atoms with Crippen molar-refractivity contribution in [3.05, 3.63) is 114 Å². The number of aromatic nitrogens is 2. The smallest absolute Gasteiger partial charge is 0.0318 e. The number of hydrogen-bond donors (Lipinski definition) is 0. The molecule has 0 bridgehead atoms. The molecule has 5 heteroatoms. The van der Waals surface area contributed by atoms with E-state index < -0.39 is 39.7 Å². The number of pyridine rings is 2. The van der Waals surface area contributed by atoms with E-state index in [0.717, 1.165) is 30.1 Å². The van der Waals surface area contributed by atoms with Gasteiger partial charge in [-0.25, -0.2) is 0 Å². The van der Waals surface area contributed by atoms with Crippen LogP contribution in [0, 0.1) is 37.7 Å². The number of rotatable bonds is 7. The van der Waals surface area contributed by atoms with Gasteiger partial charge in [0.1, 0.15) is 0 Å². The van der Waals surface area contributed by atoms with Crippen LogP contribution in [0.1, 0.15) is 63.7 Å². The number of benzene rings is 3. The van der Waals surface area contributed by atoms with Crippen molar-refractivity contribution in [2.24, 2.45) is 11.8 Å². The van der Waals surface area contributed by atoms with E-state index in [1.165, 1.54) is 17.4 Å². The summed E-state index contributed by atoms with van der Waals surface area (Å²) in [7, 11) is 0. The first-order chi connectivity index (χ1) is 25.3. The average molecular weight is 874 g/mol. The number of thiophene rings is 1. The van der Waals surface area contributed by atoms with Crippen LogP contribution >= 0.6 is 11.3 Å². The van der Waals surface area contributed by atoms with Gasteiger partial charge in [-0.05, 0) is 52.6 Å². The minimum atomic E-state index is -2.32. The topological polar surface area (TPSA) is 25.8 Å². The minimum absolute atomic E-state index is 0. The fourth-order valence-electron chi connectivity index (χ4n) is 5.14. The summed E-state index contributed by atoms with van der Waals surface area (Å²) in [5.74, 6) is 6.36. The molecule has 46 heavy (non-hydrogen) atoms. The Morgan fingerprint density at radius 1 is 0.826 bits per heavy atom. The maximum Gasteiger partial charge on any atom is 0.0318 e. The van der Waals surface area contributed by atoms with E-state index in [1.54, 1.807) is 42.6 Å². The van der Waals surface area contributed by atoms with Crippen LogP contribution in [0.4, 0.5) is 0 Å². The summed E-state index contributed by atoms with van der Waals surface area (Å²) in [6, 6.07) is 25.4. The van der Waals surface area contributed by atoms with Crippen molar-refractivity contribution in [1.82, 2.24) is 9.97 Å². The molecule has 0 atom stereocenters. The van der Waals surface area contributed by atoms with E-state index in [9.17, 15) is 0 Å². The molecule has 3 aromatic heterocycles. The molecule has 0 saturated carbocycles. The molecule has 2 nitrogen and oxygen atoms in total. The van der Waals surface area contributed by atoms with Crippen LogP contribution in [-0.2, 0) is 32.9 Å². The number of aryl methyl sites for hydroxylation is 2. The zero-order valence-corrected chi connectivity index (χ0v) is 32.6. The zero-order valence-electron chi connectivity index (χ0n) is 37.3. The fourth-order valence-corrected chi connectivity index (χ4v) is 9.33. The van der Waals surface area contributed by atoms with Crippen LogP contribution < -0.4 is 4.40 Å². The van der Waals surface area contributed by atoms with Gasteiger partial charge in [-0.15, -0.1) is 23.8 Å². The number of fused-ring (bicyclic) bond motifs is 3. The molecule has 0 aliphatic heterocycles. The normalized spacial score (nSPS) is 15.9. The third-order valence-electron chi connectivity index (χ3n) is 7.15. The molecule has 0 spiro atoms. The van der Waals surface area contributed by atoms with Crippen LogP contribution in [0.25, 0.3) is 42.7 Å². The van der Waals surface area contributed by atoms with Crippen LogP contribution in [0.5, 0.6) is 0 Å². The van der Waals surface area contributed by atoms with Gasteiger partial charge < -0.3 is 4.98 Å². The molecule has 241 valence electrons. The van der Waals surface area contributed by atoms with Crippen molar-refractivity contribution in [2.45, 2.75) is 71.4 Å². The maximum absolute atomic E-state index is 8.60. The molecule has 6 aromatic rings. The van der Waals surface area contributed by atoms with Gasteiger partial charge in [0.2, 0.25) is 0 Å². The molecular formula is C41H46GeIrN2S-2. The molecule has 0 fully saturated rings. The van der Waals surface area contributed by atoms with E-state index >= 15 is 0 Å². The molecular weight excluding hydrogens is 817 g/mol. The van der Waals surface area contributed by atoms with E-state index in [2.05, 4.69) is 39.4 Å². The van der Waals surface area contributed by atoms with Gasteiger partial charge in [-0.3, -0.25) is 0 Å². The Kier molecular flexibility index (Phi) is 8.26. The van der Waals surface area contributed by atoms with E-state index in [4.69, 9.17) is 13.7 Å². The Morgan fingerprint density at radius 2 is 1.59 bits per heavy atom. The fraction of sp³-hybridized carbons (Fsp3) is 0.317. The van der Waals surface area contributed by atoms with Crippen molar-refractivity contribution < 1.29 is 33.8 Å². The Bertz CT molecular complexity index is 2310. The molecule has 0 amide bonds. The van der Waals surface area contributed by atoms with Crippen LogP contribution in [0.2, 0.25) is 17.3 Å². The van der Waals surface area contributed by atoms with Gasteiger partial charge in [0.05, 0.1) is 0 Å². The molecule has 1 radical (unpaired) electrons. The first-order valence-corrected chi connectivity index (χ1v) is 23.4. The summed E-state index contributed by atoms with van der Waals surface area (Å²) in [6.07, 6.45) is 0.540. The molecule has 6 rings (SSSR count). The maximum atomic E-state index is 8.60. The Hall–Kier alpha value is -2.63. The monoisotopic (exact) mass is 875 g/mol. The van der Waals surface area contributed by atoms with Crippen molar-refractivity contribution in [3.63, 3.8) is 0 Å². The molecule has 0 aliphatic carbocycles. The van der Waals surface area contributed by atoms with Gasteiger partial charge in [0.25, 0.3) is 0 Å². The van der Waals surface area contributed by atoms with Crippen molar-refractivity contribution >= 4 is 49.2 Å². The van der Waals surface area contributed by atoms with Crippen LogP contribution in [0.15, 0.2) is 79.1 Å². The summed E-state index contributed by atoms with van der Waals surface area (Å²) in [5.41, 5.74) is 4.63. The second-order valence-corrected chi connectivity index (χ2v) is 24.4.